The molecule has 1 N–H and O–H groups in total. The summed E-state index contributed by atoms with van der Waals surface area (Å²) in [7, 11) is 1.68. The molecule has 155 valence electrons. The number of ether oxygens (including phenoxy) is 1. The van der Waals surface area contributed by atoms with Gasteiger partial charge >= 0.3 is 0 Å². The van der Waals surface area contributed by atoms with Gasteiger partial charge < -0.3 is 9.84 Å². The second-order valence-corrected chi connectivity index (χ2v) is 6.86. The molecule has 0 bridgehead atoms. The normalized spacial score (nSPS) is 10.6. The number of hydrogen-bond donors (Lipinski definition) is 1. The summed E-state index contributed by atoms with van der Waals surface area (Å²) in [6, 6.07) is 15.8. The van der Waals surface area contributed by atoms with E-state index in [1.807, 2.05) is 18.2 Å². The topological polar surface area (TPSA) is 59.4 Å². The van der Waals surface area contributed by atoms with E-state index in [0.29, 0.717) is 0 Å². The molecule has 0 amide bonds. The smallest absolute Gasteiger partial charge is 0.155 e. The predicted octanol–water partition coefficient (Wildman–Crippen LogP) is 5.67. The van der Waals surface area contributed by atoms with Gasteiger partial charge in [-0.15, -0.1) is 34.9 Å². The van der Waals surface area contributed by atoms with Crippen molar-refractivity contribution >= 4 is 16.7 Å². The van der Waals surface area contributed by atoms with Crippen LogP contribution in [0.1, 0.15) is 30.5 Å². The number of rotatable bonds is 3. The fourth-order valence-corrected chi connectivity index (χ4v) is 2.98. The Labute approximate surface area is 186 Å². The second-order valence-electron chi connectivity index (χ2n) is 6.86. The molecular formula is C24H26IrNO3-. The van der Waals surface area contributed by atoms with Gasteiger partial charge in [0.15, 0.2) is 5.78 Å². The van der Waals surface area contributed by atoms with Gasteiger partial charge in [0.25, 0.3) is 0 Å². The van der Waals surface area contributed by atoms with Crippen LogP contribution < -0.4 is 4.74 Å². The monoisotopic (exact) mass is 569 g/mol. The molecule has 0 unspecified atom stereocenters. The zero-order valence-corrected chi connectivity index (χ0v) is 20.0. The molecule has 0 fully saturated rings. The van der Waals surface area contributed by atoms with Gasteiger partial charge in [0, 0.05) is 31.6 Å². The molecule has 0 saturated carbocycles. The average Bonchev–Trinajstić information content (AvgIpc) is 2.59. The molecule has 0 aliphatic heterocycles. The van der Waals surface area contributed by atoms with Gasteiger partial charge in [0.1, 0.15) is 5.75 Å². The van der Waals surface area contributed by atoms with Crippen molar-refractivity contribution in [3.63, 3.8) is 0 Å². The molecule has 2 aromatic carbocycles. The molecule has 4 nitrogen and oxygen atoms in total. The summed E-state index contributed by atoms with van der Waals surface area (Å²) >= 11 is 0. The number of allylic oxidation sites excluding steroid dienone is 2. The van der Waals surface area contributed by atoms with Crippen LogP contribution in [0.15, 0.2) is 48.2 Å². The zero-order chi connectivity index (χ0) is 20.8. The first kappa shape index (κ1) is 24.5. The molecule has 0 spiro atoms. The predicted molar refractivity (Wildman–Crippen MR) is 114 cm³/mol. The van der Waals surface area contributed by atoms with E-state index < -0.39 is 0 Å². The Morgan fingerprint density at radius 2 is 1.79 bits per heavy atom. The van der Waals surface area contributed by atoms with E-state index in [1.54, 1.807) is 7.11 Å². The minimum absolute atomic E-state index is 0. The maximum atomic E-state index is 10.0. The number of aliphatic hydroxyl groups is 1. The number of ketones is 1. The number of aliphatic hydroxyl groups excluding tert-OH is 1. The van der Waals surface area contributed by atoms with E-state index in [9.17, 15) is 4.79 Å². The molecule has 29 heavy (non-hydrogen) atoms. The van der Waals surface area contributed by atoms with Crippen LogP contribution in [0.4, 0.5) is 0 Å². The van der Waals surface area contributed by atoms with E-state index in [-0.39, 0.29) is 31.6 Å². The first-order valence-corrected chi connectivity index (χ1v) is 9.03. The van der Waals surface area contributed by atoms with Crippen LogP contribution in [0.2, 0.25) is 0 Å². The third kappa shape index (κ3) is 7.12. The van der Waals surface area contributed by atoms with Gasteiger partial charge in [-0.25, -0.2) is 0 Å². The van der Waals surface area contributed by atoms with E-state index in [0.717, 1.165) is 39.0 Å². The Hall–Kier alpha value is -2.49. The Bertz CT molecular complexity index is 1020. The van der Waals surface area contributed by atoms with Crippen molar-refractivity contribution in [1.82, 2.24) is 4.98 Å². The summed E-state index contributed by atoms with van der Waals surface area (Å²) in [5.41, 5.74) is 6.56. The van der Waals surface area contributed by atoms with Gasteiger partial charge in [-0.1, -0.05) is 25.5 Å². The van der Waals surface area contributed by atoms with E-state index in [4.69, 9.17) is 14.8 Å². The van der Waals surface area contributed by atoms with Crippen molar-refractivity contribution in [2.45, 2.75) is 34.6 Å². The summed E-state index contributed by atoms with van der Waals surface area (Å²) in [6.45, 7) is 9.11. The maximum Gasteiger partial charge on any atom is 0.155 e. The van der Waals surface area contributed by atoms with Crippen LogP contribution in [0, 0.1) is 26.8 Å². The number of hydrogen-bond acceptors (Lipinski definition) is 4. The standard InChI is InChI=1S/C19H18NO.C5H8O2.Ir/c1-12-7-13(2)9-16(8-12)19-14(3)10-15-11-17(21-4)5-6-18(15)20-19;1-4(6)3-5(2)7;/h5-8,10-11H,1-4H3;3,6H,1-2H3;/q-1;;/b;4-3-;. The van der Waals surface area contributed by atoms with Gasteiger partial charge in [0.2, 0.25) is 0 Å². The van der Waals surface area contributed by atoms with Crippen molar-refractivity contribution in [1.29, 1.82) is 0 Å². The third-order valence-corrected chi connectivity index (χ3v) is 4.03. The summed E-state index contributed by atoms with van der Waals surface area (Å²) in [5.74, 6) is 0.793. The van der Waals surface area contributed by atoms with Gasteiger partial charge in [-0.3, -0.25) is 9.78 Å². The number of carbonyl (C=O) groups is 1. The molecule has 0 atom stereocenters. The van der Waals surface area contributed by atoms with Crippen molar-refractivity contribution in [3.05, 3.63) is 71.0 Å². The van der Waals surface area contributed by atoms with Gasteiger partial charge in [-0.05, 0) is 44.7 Å². The molecular weight excluding hydrogens is 542 g/mol. The molecule has 0 aliphatic carbocycles. The molecule has 0 saturated heterocycles. The summed E-state index contributed by atoms with van der Waals surface area (Å²) in [5, 5.41) is 9.46. The molecule has 3 aromatic rings. The Kier molecular flexibility index (Phi) is 9.22. The minimum Gasteiger partial charge on any atom is -0.512 e. The Balaban J connectivity index is 0.000000456. The number of aryl methyl sites for hydroxylation is 3. The molecule has 0 aliphatic rings. The number of benzene rings is 2. The molecule has 1 radical (unpaired) electrons. The average molecular weight is 569 g/mol. The number of pyridine rings is 1. The van der Waals surface area contributed by atoms with Crippen LogP contribution in [0.25, 0.3) is 22.2 Å². The number of methoxy groups -OCH3 is 1. The third-order valence-electron chi connectivity index (χ3n) is 4.03. The SMILES string of the molecule is CC(=O)/C=C(/C)O.COc1ccc2nc(-c3[c-]c(C)cc(C)c3)c(C)cc2c1.[Ir]. The summed E-state index contributed by atoms with van der Waals surface area (Å²) in [4.78, 5) is 14.8. The van der Waals surface area contributed by atoms with Crippen molar-refractivity contribution in [3.8, 4) is 17.0 Å². The van der Waals surface area contributed by atoms with Crippen molar-refractivity contribution < 1.29 is 34.7 Å². The Morgan fingerprint density at radius 1 is 1.10 bits per heavy atom. The molecule has 5 heteroatoms. The second kappa shape index (κ2) is 10.9. The van der Waals surface area contributed by atoms with Crippen molar-refractivity contribution in [2.24, 2.45) is 0 Å². The fourth-order valence-electron chi connectivity index (χ4n) is 2.98. The number of fused-ring (bicyclic) bond motifs is 1. The quantitative estimate of drug-likeness (QED) is 0.251. The first-order chi connectivity index (χ1) is 13.2. The van der Waals surface area contributed by atoms with Gasteiger partial charge in [0.05, 0.1) is 18.4 Å². The number of carbonyl (C=O) groups excluding carboxylic acids is 1. The van der Waals surface area contributed by atoms with Crippen LogP contribution in [-0.2, 0) is 24.9 Å². The summed E-state index contributed by atoms with van der Waals surface area (Å²) in [6.07, 6.45) is 1.17. The minimum atomic E-state index is -0.125. The number of nitrogens with zero attached hydrogens (tertiary/aromatic N) is 1. The van der Waals surface area contributed by atoms with Crippen LogP contribution >= 0.6 is 0 Å². The molecule has 3 rings (SSSR count). The largest absolute Gasteiger partial charge is 0.512 e. The summed E-state index contributed by atoms with van der Waals surface area (Å²) < 4.78 is 5.27. The first-order valence-electron chi connectivity index (χ1n) is 9.03. The van der Waals surface area contributed by atoms with Crippen LogP contribution in [0.3, 0.4) is 0 Å². The van der Waals surface area contributed by atoms with E-state index in [1.165, 1.54) is 25.5 Å². The van der Waals surface area contributed by atoms with Crippen LogP contribution in [-0.4, -0.2) is 23.0 Å². The zero-order valence-electron chi connectivity index (χ0n) is 17.6. The fraction of sp³-hybridized carbons (Fsp3) is 0.250. The molecule has 1 heterocycles. The van der Waals surface area contributed by atoms with E-state index in [2.05, 4.69) is 45.0 Å². The van der Waals surface area contributed by atoms with Gasteiger partial charge in [-0.2, -0.15) is 0 Å². The van der Waals surface area contributed by atoms with Crippen molar-refractivity contribution in [2.75, 3.05) is 7.11 Å². The Morgan fingerprint density at radius 3 is 2.31 bits per heavy atom. The van der Waals surface area contributed by atoms with Crippen LogP contribution in [0.5, 0.6) is 5.75 Å². The number of aromatic nitrogens is 1. The molecule has 1 aromatic heterocycles. The maximum absolute atomic E-state index is 10.0. The van der Waals surface area contributed by atoms with E-state index >= 15 is 0 Å².